The number of nitrogens with zero attached hydrogens (tertiary/aromatic N) is 2. The molecule has 5 aromatic rings. The molecule has 0 aliphatic carbocycles. The lowest BCUT2D eigenvalue weighted by molar-refractivity contribution is 0.0526. The number of unbranched alkanes of at least 4 members (excludes halogenated alkanes) is 3. The second-order valence-electron chi connectivity index (χ2n) is 11.7. The fourth-order valence-electron chi connectivity index (χ4n) is 5.68. The van der Waals surface area contributed by atoms with Gasteiger partial charge in [-0.05, 0) is 67.3 Å². The molecular weight excluding hydrogens is 536 g/mol. The van der Waals surface area contributed by atoms with Crippen LogP contribution in [-0.2, 0) is 4.74 Å². The van der Waals surface area contributed by atoms with Crippen molar-refractivity contribution >= 4 is 55.1 Å². The molecule has 216 valence electrons. The van der Waals surface area contributed by atoms with E-state index in [9.17, 15) is 20.1 Å². The van der Waals surface area contributed by atoms with Crippen LogP contribution in [-0.4, -0.2) is 30.7 Å². The van der Waals surface area contributed by atoms with Crippen LogP contribution >= 0.6 is 0 Å². The molecule has 0 unspecified atom stereocenters. The van der Waals surface area contributed by atoms with Gasteiger partial charge in [0.1, 0.15) is 17.7 Å². The molecule has 5 aromatic carbocycles. The van der Waals surface area contributed by atoms with Crippen LogP contribution in [0.1, 0.15) is 67.9 Å². The van der Waals surface area contributed by atoms with E-state index in [0.717, 1.165) is 68.8 Å². The van der Waals surface area contributed by atoms with Gasteiger partial charge in [0.15, 0.2) is 0 Å². The van der Waals surface area contributed by atoms with E-state index in [0.29, 0.717) is 29.8 Å². The number of carbonyl (C=O) groups is 2. The van der Waals surface area contributed by atoms with E-state index in [4.69, 9.17) is 4.74 Å². The molecule has 7 nitrogen and oxygen atoms in total. The van der Waals surface area contributed by atoms with Crippen molar-refractivity contribution in [3.8, 4) is 12.1 Å². The van der Waals surface area contributed by atoms with Crippen molar-refractivity contribution in [3.05, 3.63) is 83.4 Å². The number of nitriles is 2. The Morgan fingerprint density at radius 3 is 1.74 bits per heavy atom. The van der Waals surface area contributed by atoms with E-state index < -0.39 is 11.7 Å². The molecule has 0 saturated heterocycles. The lowest BCUT2D eigenvalue weighted by atomic mass is 9.85. The molecule has 0 atom stereocenters. The zero-order chi connectivity index (χ0) is 30.6. The second kappa shape index (κ2) is 12.4. The van der Waals surface area contributed by atoms with Gasteiger partial charge in [0.05, 0.1) is 11.1 Å². The maximum atomic E-state index is 13.1. The maximum Gasteiger partial charge on any atom is 0.407 e. The Labute approximate surface area is 251 Å². The van der Waals surface area contributed by atoms with Gasteiger partial charge in [0.2, 0.25) is 0 Å². The summed E-state index contributed by atoms with van der Waals surface area (Å²) < 4.78 is 5.24. The molecule has 0 spiro atoms. The second-order valence-corrected chi connectivity index (χ2v) is 11.7. The zero-order valence-corrected chi connectivity index (χ0v) is 24.7. The van der Waals surface area contributed by atoms with Crippen molar-refractivity contribution in [3.63, 3.8) is 0 Å². The number of amides is 2. The number of hydrogen-bond acceptors (Lipinski definition) is 5. The van der Waals surface area contributed by atoms with Crippen molar-refractivity contribution in [2.45, 2.75) is 52.1 Å². The molecular formula is C36H34N4O3. The van der Waals surface area contributed by atoms with Gasteiger partial charge in [-0.15, -0.1) is 0 Å². The number of benzene rings is 5. The van der Waals surface area contributed by atoms with Gasteiger partial charge in [-0.3, -0.25) is 4.79 Å². The van der Waals surface area contributed by atoms with Gasteiger partial charge < -0.3 is 15.4 Å². The van der Waals surface area contributed by atoms with Crippen LogP contribution in [0.5, 0.6) is 0 Å². The Hall–Kier alpha value is -5.14. The van der Waals surface area contributed by atoms with E-state index in [-0.39, 0.29) is 5.91 Å². The first-order chi connectivity index (χ1) is 20.7. The summed E-state index contributed by atoms with van der Waals surface area (Å²) in [6, 6.07) is 25.8. The highest BCUT2D eigenvalue weighted by molar-refractivity contribution is 6.31. The monoisotopic (exact) mass is 570 g/mol. The van der Waals surface area contributed by atoms with E-state index in [1.807, 2.05) is 81.4 Å². The summed E-state index contributed by atoms with van der Waals surface area (Å²) in [4.78, 5) is 24.9. The van der Waals surface area contributed by atoms with Crippen LogP contribution in [0.4, 0.5) is 4.79 Å². The normalized spacial score (nSPS) is 11.4. The highest BCUT2D eigenvalue weighted by Crippen LogP contribution is 2.42. The Balaban J connectivity index is 1.36. The predicted molar refractivity (Wildman–Crippen MR) is 171 cm³/mol. The van der Waals surface area contributed by atoms with Gasteiger partial charge in [0.25, 0.3) is 5.91 Å². The third-order valence-electron chi connectivity index (χ3n) is 7.53. The summed E-state index contributed by atoms with van der Waals surface area (Å²) in [5, 5.41) is 32.9. The van der Waals surface area contributed by atoms with Crippen LogP contribution < -0.4 is 10.6 Å². The minimum absolute atomic E-state index is 0.158. The fraction of sp³-hybridized carbons (Fsp3) is 0.278. The van der Waals surface area contributed by atoms with Crippen LogP contribution in [0.3, 0.4) is 0 Å². The molecule has 0 aliphatic rings. The number of alkyl carbamates (subject to hydrolysis) is 1. The molecule has 5 rings (SSSR count). The molecule has 0 saturated carbocycles. The number of hydrogen-bond donors (Lipinski definition) is 2. The Kier molecular flexibility index (Phi) is 8.46. The van der Waals surface area contributed by atoms with E-state index in [2.05, 4.69) is 22.8 Å². The summed E-state index contributed by atoms with van der Waals surface area (Å²) >= 11 is 0. The first-order valence-electron chi connectivity index (χ1n) is 14.6. The first-order valence-corrected chi connectivity index (χ1v) is 14.6. The quantitative estimate of drug-likeness (QED) is 0.112. The average molecular weight is 571 g/mol. The lowest BCUT2D eigenvalue weighted by Crippen LogP contribution is -2.33. The minimum Gasteiger partial charge on any atom is -0.444 e. The molecule has 43 heavy (non-hydrogen) atoms. The van der Waals surface area contributed by atoms with Crippen LogP contribution in [0.15, 0.2) is 66.7 Å². The zero-order valence-electron chi connectivity index (χ0n) is 24.7. The molecule has 0 bridgehead atoms. The predicted octanol–water partition coefficient (Wildman–Crippen LogP) is 7.86. The summed E-state index contributed by atoms with van der Waals surface area (Å²) in [7, 11) is 0. The summed E-state index contributed by atoms with van der Waals surface area (Å²) in [6.07, 6.45) is 3.12. The van der Waals surface area contributed by atoms with Crippen LogP contribution in [0, 0.1) is 22.7 Å². The Morgan fingerprint density at radius 1 is 0.674 bits per heavy atom. The first kappa shape index (κ1) is 29.4. The Bertz CT molecular complexity index is 1960. The third-order valence-corrected chi connectivity index (χ3v) is 7.53. The Morgan fingerprint density at radius 2 is 1.19 bits per heavy atom. The average Bonchev–Trinajstić information content (AvgIpc) is 2.99. The van der Waals surface area contributed by atoms with Crippen molar-refractivity contribution in [1.82, 2.24) is 10.6 Å². The van der Waals surface area contributed by atoms with Crippen LogP contribution in [0.25, 0.3) is 43.1 Å². The molecule has 0 radical (unpaired) electrons. The molecule has 7 heteroatoms. The molecule has 0 aliphatic heterocycles. The van der Waals surface area contributed by atoms with E-state index >= 15 is 0 Å². The maximum absolute atomic E-state index is 13.1. The SMILES string of the molecule is CC(C)(C)OC(=O)NCCCCCCNC(=O)c1ccc2c(c1)c1ccccc1c1c(C#N)c3ccccc3c(C#N)c21. The highest BCUT2D eigenvalue weighted by atomic mass is 16.6. The van der Waals surface area contributed by atoms with Crippen molar-refractivity contribution in [1.29, 1.82) is 10.5 Å². The molecule has 0 fully saturated rings. The summed E-state index contributed by atoms with van der Waals surface area (Å²) in [5.41, 5.74) is 1.10. The number of fused-ring (bicyclic) bond motifs is 7. The number of rotatable bonds is 8. The number of nitrogens with one attached hydrogen (secondary N) is 2. The van der Waals surface area contributed by atoms with E-state index in [1.165, 1.54) is 0 Å². The fourth-order valence-corrected chi connectivity index (χ4v) is 5.68. The van der Waals surface area contributed by atoms with Gasteiger partial charge in [-0.1, -0.05) is 67.4 Å². The van der Waals surface area contributed by atoms with E-state index in [1.54, 1.807) is 6.07 Å². The number of carbonyl (C=O) groups excluding carboxylic acids is 2. The van der Waals surface area contributed by atoms with Gasteiger partial charge in [0, 0.05) is 40.2 Å². The minimum atomic E-state index is -0.510. The summed E-state index contributed by atoms with van der Waals surface area (Å²) in [6.45, 7) is 6.60. The third kappa shape index (κ3) is 6.08. The molecule has 2 N–H and O–H groups in total. The largest absolute Gasteiger partial charge is 0.444 e. The van der Waals surface area contributed by atoms with Gasteiger partial charge in [-0.25, -0.2) is 4.79 Å². The molecule has 0 heterocycles. The van der Waals surface area contributed by atoms with Gasteiger partial charge in [-0.2, -0.15) is 10.5 Å². The summed E-state index contributed by atoms with van der Waals surface area (Å²) in [5.74, 6) is -0.158. The highest BCUT2D eigenvalue weighted by Gasteiger charge is 2.20. The molecule has 2 amide bonds. The van der Waals surface area contributed by atoms with Gasteiger partial charge >= 0.3 is 6.09 Å². The number of ether oxygens (including phenoxy) is 1. The smallest absolute Gasteiger partial charge is 0.407 e. The standard InChI is InChI=1S/C36H34N4O3/c1-36(2,3)43-35(42)40-19-11-5-4-10-18-39-34(41)23-16-17-28-29(20-23)26-14-8-9-15-27(26)32-30(21-37)24-12-6-7-13-25(24)31(22-38)33(28)32/h6-9,12-17,20H,4-5,10-11,18-19H2,1-3H3,(H,39,41)(H,40,42). The van der Waals surface area contributed by atoms with Crippen molar-refractivity contribution < 1.29 is 14.3 Å². The molecule has 0 aromatic heterocycles. The van der Waals surface area contributed by atoms with Crippen LogP contribution in [0.2, 0.25) is 0 Å². The lowest BCUT2D eigenvalue weighted by Gasteiger charge is -2.19. The topological polar surface area (TPSA) is 115 Å². The van der Waals surface area contributed by atoms with Crippen molar-refractivity contribution in [2.24, 2.45) is 0 Å². The van der Waals surface area contributed by atoms with Crippen molar-refractivity contribution in [2.75, 3.05) is 13.1 Å².